The minimum Gasteiger partial charge on any atom is -0.369 e. The van der Waals surface area contributed by atoms with Gasteiger partial charge in [-0.3, -0.25) is 9.71 Å². The van der Waals surface area contributed by atoms with E-state index < -0.39 is 0 Å². The van der Waals surface area contributed by atoms with Crippen LogP contribution in [0.5, 0.6) is 0 Å². The molecule has 4 nitrogen and oxygen atoms in total. The van der Waals surface area contributed by atoms with E-state index in [0.717, 1.165) is 25.2 Å². The lowest BCUT2D eigenvalue weighted by Crippen LogP contribution is -2.25. The Morgan fingerprint density at radius 2 is 2.60 bits per heavy atom. The number of rotatable bonds is 4. The van der Waals surface area contributed by atoms with Gasteiger partial charge in [0.25, 0.3) is 0 Å². The van der Waals surface area contributed by atoms with Gasteiger partial charge in [0.15, 0.2) is 0 Å². The third kappa shape index (κ3) is 6.43. The molecular formula is C4H10IN3OS. The summed E-state index contributed by atoms with van der Waals surface area (Å²) < 4.78 is 7.29. The summed E-state index contributed by atoms with van der Waals surface area (Å²) in [6.07, 6.45) is 0.998. The number of nitrogens with zero attached hydrogens (tertiary/aromatic N) is 1. The quantitative estimate of drug-likeness (QED) is 0.266. The van der Waals surface area contributed by atoms with E-state index in [1.165, 1.54) is 0 Å². The van der Waals surface area contributed by atoms with Gasteiger partial charge in [0.2, 0.25) is 5.96 Å². The zero-order valence-corrected chi connectivity index (χ0v) is 8.61. The predicted octanol–water partition coefficient (Wildman–Crippen LogP) is 1.23. The number of nitrogens with one attached hydrogen (secondary N) is 1. The first-order chi connectivity index (χ1) is 4.81. The number of hydrogen-bond acceptors (Lipinski definition) is 3. The van der Waals surface area contributed by atoms with E-state index in [9.17, 15) is 0 Å². The van der Waals surface area contributed by atoms with Crippen LogP contribution in [0.3, 0.4) is 0 Å². The van der Waals surface area contributed by atoms with E-state index >= 15 is 0 Å². The Bertz CT molecular complexity index is 111. The molecule has 0 aromatic heterocycles. The molecule has 0 aliphatic heterocycles. The molecular weight excluding hydrogens is 265 g/mol. The van der Waals surface area contributed by atoms with E-state index in [0.29, 0.717) is 5.96 Å². The van der Waals surface area contributed by atoms with Gasteiger partial charge in [0.05, 0.1) is 0 Å². The van der Waals surface area contributed by atoms with Crippen LogP contribution in [-0.2, 0) is 2.51 Å². The molecule has 3 N–H and O–H groups in total. The van der Waals surface area contributed by atoms with Crippen molar-refractivity contribution in [3.8, 4) is 0 Å². The molecule has 0 saturated carbocycles. The third-order valence-electron chi connectivity index (χ3n) is 0.683. The first kappa shape index (κ1) is 10.3. The lowest BCUT2D eigenvalue weighted by atomic mass is 10.5. The summed E-state index contributed by atoms with van der Waals surface area (Å²) >= 11 is 2.80. The topological polar surface area (TPSA) is 59.6 Å². The number of aliphatic imine (C=N–C) groups is 1. The maximum absolute atomic E-state index is 5.38. The molecule has 0 rings (SSSR count). The van der Waals surface area contributed by atoms with Gasteiger partial charge >= 0.3 is 0 Å². The van der Waals surface area contributed by atoms with Gasteiger partial charge in [-0.05, 0) is 6.42 Å². The Balaban J connectivity index is 3.30. The fraction of sp³-hybridized carbons (Fsp3) is 0.750. The highest BCUT2D eigenvalue weighted by atomic mass is 127. The molecule has 0 spiro atoms. The minimum atomic E-state index is 0.406. The normalized spacial score (nSPS) is 11.6. The zero-order valence-electron chi connectivity index (χ0n) is 5.63. The lowest BCUT2D eigenvalue weighted by Gasteiger charge is -1.98. The molecule has 6 heteroatoms. The van der Waals surface area contributed by atoms with Crippen molar-refractivity contribution >= 4 is 41.2 Å². The average molecular weight is 275 g/mol. The molecule has 0 fully saturated rings. The van der Waals surface area contributed by atoms with Crippen LogP contribution in [0.4, 0.5) is 0 Å². The van der Waals surface area contributed by atoms with Gasteiger partial charge < -0.3 is 5.73 Å². The van der Waals surface area contributed by atoms with Crippen molar-refractivity contribution in [3.63, 3.8) is 0 Å². The van der Waals surface area contributed by atoms with Crippen molar-refractivity contribution < 1.29 is 2.51 Å². The predicted molar refractivity (Wildman–Crippen MR) is 52.6 cm³/mol. The maximum Gasteiger partial charge on any atom is 0.200 e. The Morgan fingerprint density at radius 1 is 1.90 bits per heavy atom. The minimum absolute atomic E-state index is 0.406. The SMILES string of the molecule is CCCN=C(N)NSOI. The van der Waals surface area contributed by atoms with E-state index in [-0.39, 0.29) is 0 Å². The molecule has 0 aromatic carbocycles. The fourth-order valence-electron chi connectivity index (χ4n) is 0.323. The zero-order chi connectivity index (χ0) is 7.82. The first-order valence-corrected chi connectivity index (χ1v) is 4.43. The van der Waals surface area contributed by atoms with Gasteiger partial charge in [0.1, 0.15) is 35.2 Å². The molecule has 0 atom stereocenters. The molecule has 0 heterocycles. The summed E-state index contributed by atoms with van der Waals surface area (Å²) in [4.78, 5) is 3.96. The summed E-state index contributed by atoms with van der Waals surface area (Å²) in [5.74, 6) is 0.406. The Kier molecular flexibility index (Phi) is 7.65. The lowest BCUT2D eigenvalue weighted by molar-refractivity contribution is 0.834. The molecule has 0 unspecified atom stereocenters. The van der Waals surface area contributed by atoms with Crippen LogP contribution in [0.2, 0.25) is 0 Å². The molecule has 0 aliphatic rings. The van der Waals surface area contributed by atoms with Crippen molar-refractivity contribution in [2.45, 2.75) is 13.3 Å². The second kappa shape index (κ2) is 7.42. The molecule has 0 radical (unpaired) electrons. The second-order valence-corrected chi connectivity index (χ2v) is 3.09. The van der Waals surface area contributed by atoms with Gasteiger partial charge in [-0.1, -0.05) is 6.92 Å². The van der Waals surface area contributed by atoms with Crippen LogP contribution >= 0.6 is 35.2 Å². The molecule has 0 aromatic rings. The Hall–Kier alpha value is 0.310. The number of guanidine groups is 1. The summed E-state index contributed by atoms with van der Waals surface area (Å²) in [5, 5.41) is 0. The van der Waals surface area contributed by atoms with E-state index in [1.54, 1.807) is 23.0 Å². The summed E-state index contributed by atoms with van der Waals surface area (Å²) in [7, 11) is 0. The number of hydrogen-bond donors (Lipinski definition) is 2. The Morgan fingerprint density at radius 3 is 3.10 bits per heavy atom. The molecule has 0 saturated heterocycles. The molecule has 60 valence electrons. The van der Waals surface area contributed by atoms with Gasteiger partial charge in [-0.25, -0.2) is 2.51 Å². The summed E-state index contributed by atoms with van der Waals surface area (Å²) in [5.41, 5.74) is 5.38. The van der Waals surface area contributed by atoms with E-state index in [2.05, 4.69) is 12.2 Å². The standard InChI is InChI=1S/C4H10IN3OS/c1-2-3-7-4(6)8-10-9-5/h2-3H2,1H3,(H3,6,7,8). The van der Waals surface area contributed by atoms with Crippen molar-refractivity contribution in [2.75, 3.05) is 6.54 Å². The number of nitrogens with two attached hydrogens (primary N) is 1. The number of halogens is 1. The maximum atomic E-state index is 5.38. The van der Waals surface area contributed by atoms with Crippen molar-refractivity contribution in [1.29, 1.82) is 0 Å². The molecule has 0 amide bonds. The average Bonchev–Trinajstić information content (AvgIpc) is 1.97. The summed E-state index contributed by atoms with van der Waals surface area (Å²) in [6, 6.07) is 0. The van der Waals surface area contributed by atoms with Gasteiger partial charge in [-0.2, -0.15) is 0 Å². The highest BCUT2D eigenvalue weighted by Gasteiger charge is 1.88. The molecule has 10 heavy (non-hydrogen) atoms. The van der Waals surface area contributed by atoms with Gasteiger partial charge in [-0.15, -0.1) is 0 Å². The second-order valence-electron chi connectivity index (χ2n) is 1.52. The van der Waals surface area contributed by atoms with E-state index in [4.69, 9.17) is 5.73 Å². The monoisotopic (exact) mass is 275 g/mol. The molecule has 0 bridgehead atoms. The highest BCUT2D eigenvalue weighted by molar-refractivity contribution is 14.1. The smallest absolute Gasteiger partial charge is 0.200 e. The third-order valence-corrected chi connectivity index (χ3v) is 1.58. The van der Waals surface area contributed by atoms with Crippen LogP contribution < -0.4 is 10.5 Å². The van der Waals surface area contributed by atoms with Crippen LogP contribution in [0.1, 0.15) is 13.3 Å². The van der Waals surface area contributed by atoms with Crippen LogP contribution in [0.15, 0.2) is 4.99 Å². The summed E-state index contributed by atoms with van der Waals surface area (Å²) in [6.45, 7) is 2.79. The van der Waals surface area contributed by atoms with Crippen LogP contribution in [-0.4, -0.2) is 12.5 Å². The Labute approximate surface area is 79.0 Å². The highest BCUT2D eigenvalue weighted by Crippen LogP contribution is 2.00. The van der Waals surface area contributed by atoms with Crippen molar-refractivity contribution in [3.05, 3.63) is 0 Å². The van der Waals surface area contributed by atoms with Crippen LogP contribution in [0.25, 0.3) is 0 Å². The van der Waals surface area contributed by atoms with Crippen LogP contribution in [0, 0.1) is 0 Å². The largest absolute Gasteiger partial charge is 0.369 e. The molecule has 0 aliphatic carbocycles. The van der Waals surface area contributed by atoms with Gasteiger partial charge in [0, 0.05) is 6.54 Å². The first-order valence-electron chi connectivity index (χ1n) is 2.81. The fourth-order valence-corrected chi connectivity index (χ4v) is 0.774. The van der Waals surface area contributed by atoms with E-state index in [1.807, 2.05) is 6.92 Å². The van der Waals surface area contributed by atoms with Crippen molar-refractivity contribution in [1.82, 2.24) is 4.72 Å². The van der Waals surface area contributed by atoms with Crippen molar-refractivity contribution in [2.24, 2.45) is 10.7 Å².